The Hall–Kier alpha value is -3.02. The molecule has 1 heterocycles. The summed E-state index contributed by atoms with van der Waals surface area (Å²) in [4.78, 5) is 24.2. The van der Waals surface area contributed by atoms with Crippen LogP contribution in [0.5, 0.6) is 11.5 Å². The Labute approximate surface area is 152 Å². The van der Waals surface area contributed by atoms with Gasteiger partial charge in [-0.1, -0.05) is 44.2 Å². The lowest BCUT2D eigenvalue weighted by Crippen LogP contribution is -2.39. The van der Waals surface area contributed by atoms with Gasteiger partial charge in [-0.15, -0.1) is 0 Å². The van der Waals surface area contributed by atoms with Gasteiger partial charge in [0.2, 0.25) is 6.10 Å². The molecule has 3 rings (SSSR count). The molecular formula is C20H21NO5. The number of rotatable bonds is 5. The van der Waals surface area contributed by atoms with Crippen molar-refractivity contribution < 1.29 is 23.8 Å². The summed E-state index contributed by atoms with van der Waals surface area (Å²) in [5, 5.41) is 2.78. The van der Waals surface area contributed by atoms with Gasteiger partial charge in [-0.2, -0.15) is 0 Å². The molecule has 26 heavy (non-hydrogen) atoms. The van der Waals surface area contributed by atoms with E-state index in [0.717, 1.165) is 11.3 Å². The summed E-state index contributed by atoms with van der Waals surface area (Å²) in [6.07, 6.45) is -0.888. The van der Waals surface area contributed by atoms with E-state index in [4.69, 9.17) is 14.2 Å². The maximum Gasteiger partial charge on any atom is 0.351 e. The van der Waals surface area contributed by atoms with Gasteiger partial charge >= 0.3 is 5.97 Å². The van der Waals surface area contributed by atoms with Crippen LogP contribution >= 0.6 is 0 Å². The van der Waals surface area contributed by atoms with E-state index >= 15 is 0 Å². The fraction of sp³-hybridized carbons (Fsp3) is 0.300. The predicted octanol–water partition coefficient (Wildman–Crippen LogP) is 3.13. The standard InChI is InChI=1S/C20H21NO5/c1-13(2)14-7-3-4-8-15(14)21-19(22)12-25-20(23)18-11-24-16-9-5-6-10-17(16)26-18/h3-10,13,18H,11-12H2,1-2H3,(H,21,22)/t18-/m1/s1. The van der Waals surface area contributed by atoms with Gasteiger partial charge in [0.1, 0.15) is 6.61 Å². The second-order valence-electron chi connectivity index (χ2n) is 6.26. The number of carbonyl (C=O) groups excluding carboxylic acids is 2. The highest BCUT2D eigenvalue weighted by Crippen LogP contribution is 2.31. The Morgan fingerprint density at radius 3 is 2.58 bits per heavy atom. The normalized spacial score (nSPS) is 15.4. The minimum atomic E-state index is -0.888. The SMILES string of the molecule is CC(C)c1ccccc1NC(=O)COC(=O)[C@H]1COc2ccccc2O1. The quantitative estimate of drug-likeness (QED) is 0.834. The van der Waals surface area contributed by atoms with E-state index in [0.29, 0.717) is 11.5 Å². The van der Waals surface area contributed by atoms with Gasteiger partial charge in [-0.25, -0.2) is 4.79 Å². The molecule has 2 aromatic carbocycles. The van der Waals surface area contributed by atoms with Crippen molar-refractivity contribution in [3.8, 4) is 11.5 Å². The van der Waals surface area contributed by atoms with Crippen LogP contribution in [0.2, 0.25) is 0 Å². The molecule has 136 valence electrons. The van der Waals surface area contributed by atoms with Crippen LogP contribution in [0.1, 0.15) is 25.3 Å². The average Bonchev–Trinajstić information content (AvgIpc) is 2.66. The first-order valence-corrected chi connectivity index (χ1v) is 8.48. The number of para-hydroxylation sites is 3. The van der Waals surface area contributed by atoms with Crippen molar-refractivity contribution in [3.05, 3.63) is 54.1 Å². The second-order valence-corrected chi connectivity index (χ2v) is 6.26. The topological polar surface area (TPSA) is 73.9 Å². The molecule has 6 heteroatoms. The summed E-state index contributed by atoms with van der Waals surface area (Å²) < 4.78 is 16.1. The van der Waals surface area contributed by atoms with Crippen molar-refractivity contribution in [1.29, 1.82) is 0 Å². The largest absolute Gasteiger partial charge is 0.485 e. The highest BCUT2D eigenvalue weighted by atomic mass is 16.6. The lowest BCUT2D eigenvalue weighted by Gasteiger charge is -2.24. The van der Waals surface area contributed by atoms with Gasteiger partial charge in [0.25, 0.3) is 5.91 Å². The summed E-state index contributed by atoms with van der Waals surface area (Å²) in [5.74, 6) is 0.299. The van der Waals surface area contributed by atoms with E-state index in [1.165, 1.54) is 0 Å². The average molecular weight is 355 g/mol. The van der Waals surface area contributed by atoms with Crippen LogP contribution in [0.25, 0.3) is 0 Å². The lowest BCUT2D eigenvalue weighted by atomic mass is 10.0. The molecule has 0 aromatic heterocycles. The Bertz CT molecular complexity index is 802. The molecule has 0 bridgehead atoms. The van der Waals surface area contributed by atoms with Gasteiger partial charge in [-0.3, -0.25) is 4.79 Å². The van der Waals surface area contributed by atoms with E-state index in [9.17, 15) is 9.59 Å². The fourth-order valence-corrected chi connectivity index (χ4v) is 2.67. The van der Waals surface area contributed by atoms with Gasteiger partial charge in [0.15, 0.2) is 18.1 Å². The first kappa shape index (κ1) is 17.8. The van der Waals surface area contributed by atoms with E-state index in [1.807, 2.05) is 44.2 Å². The summed E-state index contributed by atoms with van der Waals surface area (Å²) in [6, 6.07) is 14.6. The molecule has 0 spiro atoms. The molecule has 1 aliphatic heterocycles. The summed E-state index contributed by atoms with van der Waals surface area (Å²) in [6.45, 7) is 3.76. The van der Waals surface area contributed by atoms with Crippen molar-refractivity contribution >= 4 is 17.6 Å². The van der Waals surface area contributed by atoms with Crippen LogP contribution < -0.4 is 14.8 Å². The Morgan fingerprint density at radius 2 is 1.81 bits per heavy atom. The molecule has 0 saturated carbocycles. The highest BCUT2D eigenvalue weighted by Gasteiger charge is 2.29. The van der Waals surface area contributed by atoms with Crippen LogP contribution in [-0.4, -0.2) is 31.2 Å². The second kappa shape index (κ2) is 7.91. The zero-order valence-electron chi connectivity index (χ0n) is 14.7. The molecule has 1 N–H and O–H groups in total. The maximum absolute atomic E-state index is 12.1. The van der Waals surface area contributed by atoms with Gasteiger partial charge < -0.3 is 19.5 Å². The van der Waals surface area contributed by atoms with Crippen molar-refractivity contribution in [2.24, 2.45) is 0 Å². The monoisotopic (exact) mass is 355 g/mol. The molecule has 2 aromatic rings. The zero-order valence-corrected chi connectivity index (χ0v) is 14.7. The van der Waals surface area contributed by atoms with Crippen LogP contribution in [0.4, 0.5) is 5.69 Å². The van der Waals surface area contributed by atoms with Gasteiger partial charge in [-0.05, 0) is 29.7 Å². The smallest absolute Gasteiger partial charge is 0.351 e. The third-order valence-corrected chi connectivity index (χ3v) is 3.97. The van der Waals surface area contributed by atoms with Crippen molar-refractivity contribution in [2.75, 3.05) is 18.5 Å². The molecule has 6 nitrogen and oxygen atoms in total. The number of esters is 1. The van der Waals surface area contributed by atoms with Crippen molar-refractivity contribution in [3.63, 3.8) is 0 Å². The number of benzene rings is 2. The number of fused-ring (bicyclic) bond motifs is 1. The molecule has 1 amide bonds. The zero-order chi connectivity index (χ0) is 18.5. The van der Waals surface area contributed by atoms with E-state index < -0.39 is 18.0 Å². The number of carbonyl (C=O) groups is 2. The van der Waals surface area contributed by atoms with Crippen LogP contribution in [0.3, 0.4) is 0 Å². The summed E-state index contributed by atoms with van der Waals surface area (Å²) >= 11 is 0. The number of anilines is 1. The number of hydrogen-bond acceptors (Lipinski definition) is 5. The molecule has 0 radical (unpaired) electrons. The minimum Gasteiger partial charge on any atom is -0.485 e. The molecule has 0 aliphatic carbocycles. The van der Waals surface area contributed by atoms with Crippen LogP contribution in [0, 0.1) is 0 Å². The molecular weight excluding hydrogens is 334 g/mol. The molecule has 0 fully saturated rings. The Morgan fingerprint density at radius 1 is 1.12 bits per heavy atom. The number of amides is 1. The van der Waals surface area contributed by atoms with Gasteiger partial charge in [0.05, 0.1) is 0 Å². The third kappa shape index (κ3) is 4.14. The van der Waals surface area contributed by atoms with E-state index in [1.54, 1.807) is 18.2 Å². The van der Waals surface area contributed by atoms with Crippen molar-refractivity contribution in [1.82, 2.24) is 0 Å². The van der Waals surface area contributed by atoms with Crippen molar-refractivity contribution in [2.45, 2.75) is 25.9 Å². The van der Waals surface area contributed by atoms with Crippen LogP contribution in [0.15, 0.2) is 48.5 Å². The molecule has 0 saturated heterocycles. The highest BCUT2D eigenvalue weighted by molar-refractivity contribution is 5.93. The molecule has 1 aliphatic rings. The fourth-order valence-electron chi connectivity index (χ4n) is 2.67. The molecule has 0 unspecified atom stereocenters. The first-order valence-electron chi connectivity index (χ1n) is 8.48. The van der Waals surface area contributed by atoms with E-state index in [-0.39, 0.29) is 19.1 Å². The Kier molecular flexibility index (Phi) is 5.41. The number of hydrogen-bond donors (Lipinski definition) is 1. The Balaban J connectivity index is 1.53. The number of nitrogens with one attached hydrogen (secondary N) is 1. The predicted molar refractivity (Wildman–Crippen MR) is 96.5 cm³/mol. The maximum atomic E-state index is 12.1. The summed E-state index contributed by atoms with van der Waals surface area (Å²) in [7, 11) is 0. The van der Waals surface area contributed by atoms with Gasteiger partial charge in [0, 0.05) is 5.69 Å². The summed E-state index contributed by atoms with van der Waals surface area (Å²) in [5.41, 5.74) is 1.74. The minimum absolute atomic E-state index is 0.0493. The molecule has 1 atom stereocenters. The van der Waals surface area contributed by atoms with E-state index in [2.05, 4.69) is 5.32 Å². The van der Waals surface area contributed by atoms with Crippen LogP contribution in [-0.2, 0) is 14.3 Å². The number of ether oxygens (including phenoxy) is 3. The third-order valence-electron chi connectivity index (χ3n) is 3.97. The first-order chi connectivity index (χ1) is 12.5. The lowest BCUT2D eigenvalue weighted by molar-refractivity contribution is -0.156.